The summed E-state index contributed by atoms with van der Waals surface area (Å²) in [5, 5.41) is 0. The van der Waals surface area contributed by atoms with Crippen LogP contribution in [-0.4, -0.2) is 36.6 Å². The van der Waals surface area contributed by atoms with Crippen molar-refractivity contribution in [2.45, 2.75) is 12.8 Å². The number of thiocarbonyl (C=S) groups is 1. The number of anilines is 1. The minimum Gasteiger partial charge on any atom is -0.469 e. The van der Waals surface area contributed by atoms with Crippen LogP contribution in [0.15, 0.2) is 18.3 Å². The van der Waals surface area contributed by atoms with Gasteiger partial charge in [0, 0.05) is 31.8 Å². The summed E-state index contributed by atoms with van der Waals surface area (Å²) in [4.78, 5) is 17.5. The van der Waals surface area contributed by atoms with E-state index < -0.39 is 0 Å². The molecule has 0 aliphatic carbocycles. The smallest absolute Gasteiger partial charge is 0.305 e. The molecule has 0 unspecified atom stereocenters. The molecule has 1 aromatic heterocycles. The van der Waals surface area contributed by atoms with Crippen LogP contribution in [0, 0.1) is 0 Å². The lowest BCUT2D eigenvalue weighted by atomic mass is 10.2. The van der Waals surface area contributed by atoms with Crippen LogP contribution < -0.4 is 10.6 Å². The van der Waals surface area contributed by atoms with E-state index in [9.17, 15) is 4.79 Å². The Bertz CT molecular complexity index is 437. The van der Waals surface area contributed by atoms with Crippen LogP contribution in [0.3, 0.4) is 0 Å². The molecule has 18 heavy (non-hydrogen) atoms. The zero-order chi connectivity index (χ0) is 13.5. The van der Waals surface area contributed by atoms with Gasteiger partial charge in [0.25, 0.3) is 0 Å². The van der Waals surface area contributed by atoms with Gasteiger partial charge in [-0.1, -0.05) is 12.2 Å². The first-order valence-corrected chi connectivity index (χ1v) is 5.99. The van der Waals surface area contributed by atoms with Gasteiger partial charge in [-0.3, -0.25) is 4.79 Å². The number of carbonyl (C=O) groups excluding carboxylic acids is 1. The molecule has 1 heterocycles. The second-order valence-electron chi connectivity index (χ2n) is 3.87. The van der Waals surface area contributed by atoms with Gasteiger partial charge in [-0.15, -0.1) is 0 Å². The van der Waals surface area contributed by atoms with Crippen molar-refractivity contribution in [3.8, 4) is 0 Å². The van der Waals surface area contributed by atoms with Crippen molar-refractivity contribution in [2.24, 2.45) is 5.73 Å². The topological polar surface area (TPSA) is 68.5 Å². The van der Waals surface area contributed by atoms with Crippen LogP contribution in [0.25, 0.3) is 0 Å². The van der Waals surface area contributed by atoms with Crippen LogP contribution in [0.2, 0.25) is 0 Å². The molecule has 1 aromatic rings. The van der Waals surface area contributed by atoms with Crippen molar-refractivity contribution >= 4 is 29.0 Å². The SMILES string of the molecule is COC(=O)CCCN(C)c1cc(C(N)=S)ccn1. The first-order chi connectivity index (χ1) is 8.54. The van der Waals surface area contributed by atoms with E-state index in [1.165, 1.54) is 7.11 Å². The number of pyridine rings is 1. The molecule has 0 saturated heterocycles. The molecule has 0 fully saturated rings. The van der Waals surface area contributed by atoms with Gasteiger partial charge >= 0.3 is 5.97 Å². The Morgan fingerprint density at radius 3 is 2.94 bits per heavy atom. The van der Waals surface area contributed by atoms with Crippen molar-refractivity contribution < 1.29 is 9.53 Å². The second-order valence-corrected chi connectivity index (χ2v) is 4.31. The molecule has 0 saturated carbocycles. The number of nitrogens with two attached hydrogens (primary N) is 1. The van der Waals surface area contributed by atoms with Crippen molar-refractivity contribution in [1.82, 2.24) is 4.98 Å². The quantitative estimate of drug-likeness (QED) is 0.615. The summed E-state index contributed by atoms with van der Waals surface area (Å²) >= 11 is 4.92. The molecule has 6 heteroatoms. The molecule has 0 amide bonds. The highest BCUT2D eigenvalue weighted by Gasteiger charge is 2.06. The normalized spacial score (nSPS) is 9.89. The Hall–Kier alpha value is -1.69. The van der Waals surface area contributed by atoms with Gasteiger partial charge in [0.1, 0.15) is 10.8 Å². The van der Waals surface area contributed by atoms with E-state index in [0.29, 0.717) is 24.4 Å². The average Bonchev–Trinajstić information content (AvgIpc) is 2.38. The highest BCUT2D eigenvalue weighted by molar-refractivity contribution is 7.80. The first-order valence-electron chi connectivity index (χ1n) is 5.58. The molecule has 0 spiro atoms. The Kier molecular flexibility index (Phi) is 5.51. The maximum absolute atomic E-state index is 11.0. The molecule has 1 rings (SSSR count). The number of hydrogen-bond donors (Lipinski definition) is 1. The van der Waals surface area contributed by atoms with E-state index >= 15 is 0 Å². The summed E-state index contributed by atoms with van der Waals surface area (Å²) in [6, 6.07) is 3.61. The maximum Gasteiger partial charge on any atom is 0.305 e. The zero-order valence-corrected chi connectivity index (χ0v) is 11.4. The fourth-order valence-corrected chi connectivity index (χ4v) is 1.58. The lowest BCUT2D eigenvalue weighted by molar-refractivity contribution is -0.140. The maximum atomic E-state index is 11.0. The molecule has 0 aliphatic rings. The molecule has 2 N–H and O–H groups in total. The van der Waals surface area contributed by atoms with Gasteiger partial charge in [0.15, 0.2) is 0 Å². The van der Waals surface area contributed by atoms with Crippen LogP contribution in [-0.2, 0) is 9.53 Å². The van der Waals surface area contributed by atoms with Gasteiger partial charge in [0.2, 0.25) is 0 Å². The number of rotatable bonds is 6. The number of carbonyl (C=O) groups is 1. The Morgan fingerprint density at radius 1 is 1.61 bits per heavy atom. The molecule has 0 aliphatic heterocycles. The second kappa shape index (κ2) is 6.90. The van der Waals surface area contributed by atoms with E-state index in [2.05, 4.69) is 9.72 Å². The third-order valence-electron chi connectivity index (χ3n) is 2.52. The fourth-order valence-electron chi connectivity index (χ4n) is 1.46. The summed E-state index contributed by atoms with van der Waals surface area (Å²) in [5.41, 5.74) is 6.35. The average molecular weight is 267 g/mol. The highest BCUT2D eigenvalue weighted by atomic mass is 32.1. The van der Waals surface area contributed by atoms with Gasteiger partial charge < -0.3 is 15.4 Å². The summed E-state index contributed by atoms with van der Waals surface area (Å²) in [6.45, 7) is 0.711. The predicted molar refractivity (Wildman–Crippen MR) is 74.6 cm³/mol. The third kappa shape index (κ3) is 4.29. The number of hydrogen-bond acceptors (Lipinski definition) is 5. The van der Waals surface area contributed by atoms with E-state index in [1.54, 1.807) is 12.3 Å². The minimum atomic E-state index is -0.201. The third-order valence-corrected chi connectivity index (χ3v) is 2.76. The molecule has 0 bridgehead atoms. The molecule has 0 aromatic carbocycles. The Balaban J connectivity index is 2.56. The molecule has 0 radical (unpaired) electrons. The largest absolute Gasteiger partial charge is 0.469 e. The summed E-state index contributed by atoms with van der Waals surface area (Å²) in [7, 11) is 3.29. The predicted octanol–water partition coefficient (Wildman–Crippen LogP) is 1.11. The zero-order valence-electron chi connectivity index (χ0n) is 10.5. The lowest BCUT2D eigenvalue weighted by Crippen LogP contribution is -2.21. The standard InChI is InChI=1S/C12H17N3O2S/c1-15(7-3-4-11(16)17-2)10-8-9(12(13)18)5-6-14-10/h5-6,8H,3-4,7H2,1-2H3,(H2,13,18). The molecule has 98 valence electrons. The van der Waals surface area contributed by atoms with Crippen molar-refractivity contribution in [1.29, 1.82) is 0 Å². The van der Waals surface area contributed by atoms with Crippen LogP contribution in [0.1, 0.15) is 18.4 Å². The monoisotopic (exact) mass is 267 g/mol. The number of ether oxygens (including phenoxy) is 1. The van der Waals surface area contributed by atoms with Gasteiger partial charge in [0.05, 0.1) is 7.11 Å². The number of nitrogens with zero attached hydrogens (tertiary/aromatic N) is 2. The van der Waals surface area contributed by atoms with E-state index in [-0.39, 0.29) is 5.97 Å². The lowest BCUT2D eigenvalue weighted by Gasteiger charge is -2.18. The van der Waals surface area contributed by atoms with Crippen LogP contribution in [0.5, 0.6) is 0 Å². The van der Waals surface area contributed by atoms with Crippen molar-refractivity contribution in [2.75, 3.05) is 25.6 Å². The Morgan fingerprint density at radius 2 is 2.33 bits per heavy atom. The number of aromatic nitrogens is 1. The Labute approximate surface area is 112 Å². The summed E-state index contributed by atoms with van der Waals surface area (Å²) in [6.07, 6.45) is 2.78. The van der Waals surface area contributed by atoms with Crippen molar-refractivity contribution in [3.05, 3.63) is 23.9 Å². The number of methoxy groups -OCH3 is 1. The highest BCUT2D eigenvalue weighted by Crippen LogP contribution is 2.11. The van der Waals surface area contributed by atoms with Gasteiger partial charge in [-0.25, -0.2) is 4.98 Å². The molecule has 5 nitrogen and oxygen atoms in total. The molecular formula is C12H17N3O2S. The summed E-state index contributed by atoms with van der Waals surface area (Å²) in [5.74, 6) is 0.582. The van der Waals surface area contributed by atoms with E-state index in [0.717, 1.165) is 11.4 Å². The van der Waals surface area contributed by atoms with Crippen LogP contribution in [0.4, 0.5) is 5.82 Å². The van der Waals surface area contributed by atoms with E-state index in [1.807, 2.05) is 18.0 Å². The molecule has 0 atom stereocenters. The fraction of sp³-hybridized carbons (Fsp3) is 0.417. The van der Waals surface area contributed by atoms with Gasteiger partial charge in [-0.2, -0.15) is 0 Å². The first kappa shape index (κ1) is 14.4. The van der Waals surface area contributed by atoms with E-state index in [4.69, 9.17) is 18.0 Å². The van der Waals surface area contributed by atoms with Crippen LogP contribution >= 0.6 is 12.2 Å². The minimum absolute atomic E-state index is 0.201. The summed E-state index contributed by atoms with van der Waals surface area (Å²) < 4.78 is 4.58. The molecular weight excluding hydrogens is 250 g/mol. The van der Waals surface area contributed by atoms with Gasteiger partial charge in [-0.05, 0) is 18.6 Å². The number of esters is 1. The van der Waals surface area contributed by atoms with Crippen molar-refractivity contribution in [3.63, 3.8) is 0 Å².